The molecule has 1 aliphatic carbocycles. The number of guanidine groups is 1. The number of halogens is 1. The van der Waals surface area contributed by atoms with E-state index in [0.717, 1.165) is 44.5 Å². The molecule has 2 fully saturated rings. The summed E-state index contributed by atoms with van der Waals surface area (Å²) in [6.45, 7) is 7.08. The van der Waals surface area contributed by atoms with Crippen LogP contribution in [0, 0.1) is 5.92 Å². The Labute approximate surface area is 193 Å². The molecular formula is C23H39IN4O. The Morgan fingerprint density at radius 3 is 2.59 bits per heavy atom. The zero-order chi connectivity index (χ0) is 19.8. The van der Waals surface area contributed by atoms with Crippen LogP contribution in [-0.4, -0.2) is 44.3 Å². The highest BCUT2D eigenvalue weighted by Crippen LogP contribution is 2.26. The van der Waals surface area contributed by atoms with Crippen LogP contribution in [0.2, 0.25) is 0 Å². The van der Waals surface area contributed by atoms with Gasteiger partial charge < -0.3 is 20.7 Å². The average Bonchev–Trinajstić information content (AvgIpc) is 2.72. The van der Waals surface area contributed by atoms with E-state index in [2.05, 4.69) is 65.1 Å². The van der Waals surface area contributed by atoms with E-state index in [1.165, 1.54) is 31.2 Å². The number of benzene rings is 1. The van der Waals surface area contributed by atoms with Crippen molar-refractivity contribution in [1.82, 2.24) is 16.0 Å². The second-order valence-electron chi connectivity index (χ2n) is 8.71. The molecule has 1 saturated carbocycles. The van der Waals surface area contributed by atoms with E-state index in [0.29, 0.717) is 12.1 Å². The van der Waals surface area contributed by atoms with Gasteiger partial charge >= 0.3 is 0 Å². The number of aliphatic imine (C=N–C) groups is 1. The predicted octanol–water partition coefficient (Wildman–Crippen LogP) is 4.25. The number of nitrogens with one attached hydrogen (secondary N) is 3. The minimum Gasteiger partial charge on any atom is -0.381 e. The Balaban J connectivity index is 0.00000300. The SMILES string of the molecule is CN=C(NCC1(NC(C)c2ccccc2)CCOCC1)NC1CCCC(C)C1.I. The molecule has 5 nitrogen and oxygen atoms in total. The normalized spacial score (nSPS) is 25.6. The fourth-order valence-corrected chi connectivity index (χ4v) is 4.62. The molecule has 0 spiro atoms. The third kappa shape index (κ3) is 7.40. The highest BCUT2D eigenvalue weighted by molar-refractivity contribution is 14.0. The van der Waals surface area contributed by atoms with Crippen molar-refractivity contribution in [2.45, 2.75) is 70.0 Å². The minimum atomic E-state index is 0. The topological polar surface area (TPSA) is 57.7 Å². The molecule has 3 N–H and O–H groups in total. The molecule has 1 aromatic rings. The van der Waals surface area contributed by atoms with Gasteiger partial charge in [-0.15, -0.1) is 24.0 Å². The van der Waals surface area contributed by atoms with Crippen molar-refractivity contribution in [2.75, 3.05) is 26.8 Å². The van der Waals surface area contributed by atoms with Gasteiger partial charge in [-0.25, -0.2) is 0 Å². The van der Waals surface area contributed by atoms with Crippen LogP contribution in [0.4, 0.5) is 0 Å². The summed E-state index contributed by atoms with van der Waals surface area (Å²) in [4.78, 5) is 4.50. The van der Waals surface area contributed by atoms with Crippen LogP contribution in [0.15, 0.2) is 35.3 Å². The Bertz CT molecular complexity index is 619. The lowest BCUT2D eigenvalue weighted by Gasteiger charge is -2.41. The first-order valence-electron chi connectivity index (χ1n) is 11.0. The van der Waals surface area contributed by atoms with Crippen molar-refractivity contribution >= 4 is 29.9 Å². The smallest absolute Gasteiger partial charge is 0.191 e. The zero-order valence-electron chi connectivity index (χ0n) is 18.2. The standard InChI is InChI=1S/C23H38N4O.HI/c1-18-8-7-11-21(16-18)26-22(24-3)25-17-23(12-14-28-15-13-23)27-19(2)20-9-5-4-6-10-20;/h4-6,9-10,18-19,21,27H,7-8,11-17H2,1-3H3,(H2,24,25,26);1H. The molecule has 3 atom stereocenters. The molecule has 0 bridgehead atoms. The fraction of sp³-hybridized carbons (Fsp3) is 0.696. The Hall–Kier alpha value is -0.860. The van der Waals surface area contributed by atoms with Gasteiger partial charge in [-0.1, -0.05) is 50.1 Å². The molecule has 1 aromatic carbocycles. The number of nitrogens with zero attached hydrogens (tertiary/aromatic N) is 1. The second-order valence-corrected chi connectivity index (χ2v) is 8.71. The lowest BCUT2D eigenvalue weighted by atomic mass is 9.87. The summed E-state index contributed by atoms with van der Waals surface area (Å²) >= 11 is 0. The van der Waals surface area contributed by atoms with Crippen LogP contribution in [0.5, 0.6) is 0 Å². The summed E-state index contributed by atoms with van der Waals surface area (Å²) in [5, 5.41) is 11.2. The fourth-order valence-electron chi connectivity index (χ4n) is 4.62. The average molecular weight is 514 g/mol. The first-order chi connectivity index (χ1) is 13.6. The van der Waals surface area contributed by atoms with Crippen LogP contribution in [0.3, 0.4) is 0 Å². The van der Waals surface area contributed by atoms with Crippen LogP contribution in [0.1, 0.15) is 64.0 Å². The second kappa shape index (κ2) is 12.1. The summed E-state index contributed by atoms with van der Waals surface area (Å²) < 4.78 is 5.66. The molecule has 3 unspecified atom stereocenters. The molecule has 1 saturated heterocycles. The zero-order valence-corrected chi connectivity index (χ0v) is 20.6. The molecule has 0 radical (unpaired) electrons. The summed E-state index contributed by atoms with van der Waals surface area (Å²) in [5.74, 6) is 1.73. The largest absolute Gasteiger partial charge is 0.381 e. The minimum absolute atomic E-state index is 0. The van der Waals surface area contributed by atoms with Crippen LogP contribution in [-0.2, 0) is 4.74 Å². The summed E-state index contributed by atoms with van der Waals surface area (Å²) in [7, 11) is 1.87. The molecule has 1 heterocycles. The van der Waals surface area contributed by atoms with Crippen LogP contribution in [0.25, 0.3) is 0 Å². The Kier molecular flexibility index (Phi) is 10.2. The van der Waals surface area contributed by atoms with Crippen molar-refractivity contribution in [3.8, 4) is 0 Å². The van der Waals surface area contributed by atoms with Gasteiger partial charge in [0.25, 0.3) is 0 Å². The maximum Gasteiger partial charge on any atom is 0.191 e. The van der Waals surface area contributed by atoms with E-state index in [4.69, 9.17) is 4.74 Å². The third-order valence-corrected chi connectivity index (χ3v) is 6.37. The third-order valence-electron chi connectivity index (χ3n) is 6.37. The van der Waals surface area contributed by atoms with Gasteiger partial charge in [0.2, 0.25) is 0 Å². The number of hydrogen-bond acceptors (Lipinski definition) is 3. The predicted molar refractivity (Wildman–Crippen MR) is 132 cm³/mol. The number of hydrogen-bond donors (Lipinski definition) is 3. The van der Waals surface area contributed by atoms with Gasteiger partial charge in [-0.2, -0.15) is 0 Å². The quantitative estimate of drug-likeness (QED) is 0.302. The summed E-state index contributed by atoms with van der Waals surface area (Å²) in [6.07, 6.45) is 7.17. The first kappa shape index (κ1) is 24.4. The van der Waals surface area contributed by atoms with Crippen LogP contribution < -0.4 is 16.0 Å². The molecule has 0 aromatic heterocycles. The van der Waals surface area contributed by atoms with Gasteiger partial charge in [-0.05, 0) is 44.1 Å². The van der Waals surface area contributed by atoms with E-state index < -0.39 is 0 Å². The highest BCUT2D eigenvalue weighted by Gasteiger charge is 2.34. The van der Waals surface area contributed by atoms with E-state index in [-0.39, 0.29) is 29.5 Å². The van der Waals surface area contributed by atoms with E-state index >= 15 is 0 Å². The Morgan fingerprint density at radius 1 is 1.21 bits per heavy atom. The van der Waals surface area contributed by atoms with Crippen molar-refractivity contribution in [3.05, 3.63) is 35.9 Å². The highest BCUT2D eigenvalue weighted by atomic mass is 127. The van der Waals surface area contributed by atoms with Crippen molar-refractivity contribution in [1.29, 1.82) is 0 Å². The van der Waals surface area contributed by atoms with Gasteiger partial charge in [0.05, 0.1) is 0 Å². The van der Waals surface area contributed by atoms with Gasteiger partial charge in [-0.3, -0.25) is 4.99 Å². The van der Waals surface area contributed by atoms with E-state index in [1.54, 1.807) is 0 Å². The molecule has 164 valence electrons. The number of rotatable bonds is 6. The lowest BCUT2D eigenvalue weighted by Crippen LogP contribution is -2.59. The lowest BCUT2D eigenvalue weighted by molar-refractivity contribution is 0.0354. The van der Waals surface area contributed by atoms with Crippen LogP contribution >= 0.6 is 24.0 Å². The summed E-state index contributed by atoms with van der Waals surface area (Å²) in [5.41, 5.74) is 1.34. The molecule has 3 rings (SSSR count). The van der Waals surface area contributed by atoms with Crippen molar-refractivity contribution in [3.63, 3.8) is 0 Å². The van der Waals surface area contributed by atoms with E-state index in [9.17, 15) is 0 Å². The molecule has 6 heteroatoms. The molecule has 0 amide bonds. The first-order valence-corrected chi connectivity index (χ1v) is 11.0. The Morgan fingerprint density at radius 2 is 1.93 bits per heavy atom. The van der Waals surface area contributed by atoms with Gasteiger partial charge in [0.15, 0.2) is 5.96 Å². The van der Waals surface area contributed by atoms with Gasteiger partial charge in [0, 0.05) is 44.4 Å². The molecule has 1 aliphatic heterocycles. The summed E-state index contributed by atoms with van der Waals surface area (Å²) in [6, 6.07) is 11.5. The maximum absolute atomic E-state index is 5.66. The molecule has 2 aliphatic rings. The van der Waals surface area contributed by atoms with Crippen molar-refractivity contribution < 1.29 is 4.74 Å². The van der Waals surface area contributed by atoms with Crippen molar-refractivity contribution in [2.24, 2.45) is 10.9 Å². The monoisotopic (exact) mass is 514 g/mol. The maximum atomic E-state index is 5.66. The molecular weight excluding hydrogens is 475 g/mol. The number of ether oxygens (including phenoxy) is 1. The molecule has 29 heavy (non-hydrogen) atoms. The van der Waals surface area contributed by atoms with Gasteiger partial charge in [0.1, 0.15) is 0 Å². The van der Waals surface area contributed by atoms with E-state index in [1.807, 2.05) is 7.05 Å².